The number of carbonyl (C=O) groups excluding carboxylic acids is 2. The highest BCUT2D eigenvalue weighted by atomic mass is 32.2. The first kappa shape index (κ1) is 20.0. The standard InChI is InChI=1S/C24H21N3O2S/c1-3-16(2)27-23(28)22(30-24(27)29)12-19-15-26(21-11-7-6-10-20(19)21)14-18-9-5-4-8-17(18)13-25/h4-12,15-16H,3,14H2,1-2H3/b22-12-. The zero-order chi connectivity index (χ0) is 21.3. The van der Waals surface area contributed by atoms with Gasteiger partial charge in [-0.15, -0.1) is 0 Å². The lowest BCUT2D eigenvalue weighted by Gasteiger charge is -2.19. The van der Waals surface area contributed by atoms with Gasteiger partial charge in [0.25, 0.3) is 11.1 Å². The Morgan fingerprint density at radius 2 is 1.87 bits per heavy atom. The molecule has 1 fully saturated rings. The van der Waals surface area contributed by atoms with Crippen molar-refractivity contribution in [1.82, 2.24) is 9.47 Å². The van der Waals surface area contributed by atoms with Crippen molar-refractivity contribution in [3.05, 3.63) is 76.3 Å². The molecule has 30 heavy (non-hydrogen) atoms. The number of carbonyl (C=O) groups is 2. The van der Waals surface area contributed by atoms with E-state index in [0.29, 0.717) is 17.0 Å². The molecule has 2 heterocycles. The van der Waals surface area contributed by atoms with E-state index in [0.717, 1.165) is 40.2 Å². The molecule has 0 bridgehead atoms. The van der Waals surface area contributed by atoms with Crippen LogP contribution in [0.4, 0.5) is 4.79 Å². The Kier molecular flexibility index (Phi) is 5.47. The number of benzene rings is 2. The largest absolute Gasteiger partial charge is 0.342 e. The Morgan fingerprint density at radius 3 is 2.63 bits per heavy atom. The maximum atomic E-state index is 12.8. The molecular weight excluding hydrogens is 394 g/mol. The molecule has 6 heteroatoms. The summed E-state index contributed by atoms with van der Waals surface area (Å²) in [5.41, 5.74) is 3.48. The third kappa shape index (κ3) is 3.53. The minimum Gasteiger partial charge on any atom is -0.342 e. The van der Waals surface area contributed by atoms with Gasteiger partial charge in [-0.05, 0) is 48.9 Å². The van der Waals surface area contributed by atoms with Gasteiger partial charge in [-0.3, -0.25) is 14.5 Å². The van der Waals surface area contributed by atoms with Gasteiger partial charge in [0, 0.05) is 35.2 Å². The van der Waals surface area contributed by atoms with Crippen molar-refractivity contribution in [1.29, 1.82) is 5.26 Å². The fraction of sp³-hybridized carbons (Fsp3) is 0.208. The van der Waals surface area contributed by atoms with Crippen molar-refractivity contribution in [2.75, 3.05) is 0 Å². The van der Waals surface area contributed by atoms with Gasteiger partial charge in [-0.25, -0.2) is 0 Å². The summed E-state index contributed by atoms with van der Waals surface area (Å²) in [6.45, 7) is 4.40. The van der Waals surface area contributed by atoms with Gasteiger partial charge in [0.2, 0.25) is 0 Å². The predicted octanol–water partition coefficient (Wildman–Crippen LogP) is 5.40. The van der Waals surface area contributed by atoms with E-state index in [4.69, 9.17) is 0 Å². The molecule has 0 N–H and O–H groups in total. The van der Waals surface area contributed by atoms with Gasteiger partial charge in [-0.2, -0.15) is 5.26 Å². The minimum absolute atomic E-state index is 0.118. The molecule has 1 saturated heterocycles. The summed E-state index contributed by atoms with van der Waals surface area (Å²) in [6.07, 6.45) is 4.52. The van der Waals surface area contributed by atoms with Gasteiger partial charge < -0.3 is 4.57 Å². The summed E-state index contributed by atoms with van der Waals surface area (Å²) in [7, 11) is 0. The number of thioether (sulfide) groups is 1. The highest BCUT2D eigenvalue weighted by Crippen LogP contribution is 2.35. The van der Waals surface area contributed by atoms with Gasteiger partial charge in [0.1, 0.15) is 0 Å². The first-order valence-electron chi connectivity index (χ1n) is 9.86. The smallest absolute Gasteiger partial charge is 0.293 e. The molecule has 0 spiro atoms. The molecule has 1 atom stereocenters. The number of hydrogen-bond acceptors (Lipinski definition) is 4. The second kappa shape index (κ2) is 8.21. The van der Waals surface area contributed by atoms with Gasteiger partial charge >= 0.3 is 0 Å². The third-order valence-corrected chi connectivity index (χ3v) is 6.32. The van der Waals surface area contributed by atoms with Gasteiger partial charge in [0.15, 0.2) is 0 Å². The Hall–Kier alpha value is -3.30. The van der Waals surface area contributed by atoms with Crippen LogP contribution in [0.3, 0.4) is 0 Å². The summed E-state index contributed by atoms with van der Waals surface area (Å²) >= 11 is 0.994. The highest BCUT2D eigenvalue weighted by Gasteiger charge is 2.37. The molecule has 4 rings (SSSR count). The average molecular weight is 416 g/mol. The van der Waals surface area contributed by atoms with Crippen molar-refractivity contribution >= 4 is 39.9 Å². The Balaban J connectivity index is 1.75. The van der Waals surface area contributed by atoms with Crippen molar-refractivity contribution in [2.45, 2.75) is 32.9 Å². The van der Waals surface area contributed by atoms with Crippen LogP contribution >= 0.6 is 11.8 Å². The number of nitriles is 1. The van der Waals surface area contributed by atoms with E-state index < -0.39 is 0 Å². The van der Waals surface area contributed by atoms with Crippen LogP contribution in [0.1, 0.15) is 37.0 Å². The van der Waals surface area contributed by atoms with E-state index >= 15 is 0 Å². The number of imide groups is 1. The van der Waals surface area contributed by atoms with Gasteiger partial charge in [0.05, 0.1) is 16.5 Å². The van der Waals surface area contributed by atoms with E-state index in [9.17, 15) is 14.9 Å². The first-order valence-corrected chi connectivity index (χ1v) is 10.7. The monoisotopic (exact) mass is 415 g/mol. The number of aromatic nitrogens is 1. The van der Waals surface area contributed by atoms with E-state index in [1.54, 1.807) is 0 Å². The van der Waals surface area contributed by atoms with Crippen LogP contribution in [0.2, 0.25) is 0 Å². The molecule has 0 aliphatic carbocycles. The molecule has 1 aliphatic rings. The van der Waals surface area contributed by atoms with E-state index in [1.807, 2.05) is 74.7 Å². The lowest BCUT2D eigenvalue weighted by Crippen LogP contribution is -2.36. The van der Waals surface area contributed by atoms with Crippen LogP contribution in [0.5, 0.6) is 0 Å². The van der Waals surface area contributed by atoms with Crippen molar-refractivity contribution in [3.8, 4) is 6.07 Å². The molecule has 2 aromatic carbocycles. The SMILES string of the molecule is CCC(C)N1C(=O)S/C(=C\c2cn(Cc3ccccc3C#N)c3ccccc23)C1=O. The molecule has 3 aromatic rings. The van der Waals surface area contributed by atoms with Crippen LogP contribution in [-0.4, -0.2) is 26.7 Å². The number of amides is 2. The molecule has 0 saturated carbocycles. The van der Waals surface area contributed by atoms with Crippen LogP contribution in [-0.2, 0) is 11.3 Å². The molecule has 1 aliphatic heterocycles. The van der Waals surface area contributed by atoms with Crippen molar-refractivity contribution in [3.63, 3.8) is 0 Å². The quantitative estimate of drug-likeness (QED) is 0.524. The van der Waals surface area contributed by atoms with Crippen LogP contribution < -0.4 is 0 Å². The Morgan fingerprint density at radius 1 is 1.13 bits per heavy atom. The number of fused-ring (bicyclic) bond motifs is 1. The molecule has 0 radical (unpaired) electrons. The normalized spacial score (nSPS) is 16.4. The highest BCUT2D eigenvalue weighted by molar-refractivity contribution is 8.18. The number of rotatable bonds is 5. The zero-order valence-electron chi connectivity index (χ0n) is 16.8. The second-order valence-electron chi connectivity index (χ2n) is 7.31. The number of nitrogens with zero attached hydrogens (tertiary/aromatic N) is 3. The summed E-state index contributed by atoms with van der Waals surface area (Å²) < 4.78 is 2.08. The van der Waals surface area contributed by atoms with Crippen molar-refractivity contribution < 1.29 is 9.59 Å². The summed E-state index contributed by atoms with van der Waals surface area (Å²) in [4.78, 5) is 27.0. The summed E-state index contributed by atoms with van der Waals surface area (Å²) in [5, 5.41) is 10.2. The van der Waals surface area contributed by atoms with Crippen LogP contribution in [0.15, 0.2) is 59.6 Å². The Labute approximate surface area is 179 Å². The third-order valence-electron chi connectivity index (χ3n) is 5.44. The molecule has 5 nitrogen and oxygen atoms in total. The minimum atomic E-state index is -0.231. The average Bonchev–Trinajstić information content (AvgIpc) is 3.25. The second-order valence-corrected chi connectivity index (χ2v) is 8.30. The number of hydrogen-bond donors (Lipinski definition) is 0. The Bertz CT molecular complexity index is 1220. The first-order chi connectivity index (χ1) is 14.5. The van der Waals surface area contributed by atoms with E-state index in [-0.39, 0.29) is 17.2 Å². The predicted molar refractivity (Wildman–Crippen MR) is 120 cm³/mol. The van der Waals surface area contributed by atoms with Crippen molar-refractivity contribution in [2.24, 2.45) is 0 Å². The summed E-state index contributed by atoms with van der Waals surface area (Å²) in [6, 6.07) is 17.6. The molecule has 1 unspecified atom stereocenters. The number of para-hydroxylation sites is 1. The summed E-state index contributed by atoms with van der Waals surface area (Å²) in [5.74, 6) is -0.231. The maximum absolute atomic E-state index is 12.8. The molecular formula is C24H21N3O2S. The molecule has 150 valence electrons. The molecule has 1 aromatic heterocycles. The zero-order valence-corrected chi connectivity index (χ0v) is 17.6. The fourth-order valence-corrected chi connectivity index (χ4v) is 4.58. The molecule has 2 amide bonds. The fourth-order valence-electron chi connectivity index (χ4n) is 3.66. The maximum Gasteiger partial charge on any atom is 0.293 e. The topological polar surface area (TPSA) is 66.1 Å². The van der Waals surface area contributed by atoms with E-state index in [1.165, 1.54) is 4.90 Å². The van der Waals surface area contributed by atoms with Crippen LogP contribution in [0.25, 0.3) is 17.0 Å². The lowest BCUT2D eigenvalue weighted by atomic mass is 10.1. The lowest BCUT2D eigenvalue weighted by molar-refractivity contribution is -0.124. The van der Waals surface area contributed by atoms with E-state index in [2.05, 4.69) is 10.6 Å². The van der Waals surface area contributed by atoms with Gasteiger partial charge in [-0.1, -0.05) is 43.3 Å². The van der Waals surface area contributed by atoms with Crippen LogP contribution in [0, 0.1) is 11.3 Å².